The number of sulfonamides is 1. The van der Waals surface area contributed by atoms with Gasteiger partial charge in [-0.3, -0.25) is 24.0 Å². The normalized spacial score (nSPS) is 12.0. The summed E-state index contributed by atoms with van der Waals surface area (Å²) >= 11 is 5.94. The molecule has 2 rings (SSSR count). The Balaban J connectivity index is 2.51. The molecule has 0 spiro atoms. The zero-order valence-corrected chi connectivity index (χ0v) is 20.9. The first-order valence-electron chi connectivity index (χ1n) is 10.4. The molecule has 0 fully saturated rings. The molecule has 0 bridgehead atoms. The number of nitro benzene ring substituents is 1. The molecule has 0 saturated heterocycles. The molecule has 0 aliphatic heterocycles. The average Bonchev–Trinajstić information content (AvgIpc) is 2.77. The van der Waals surface area contributed by atoms with Crippen LogP contribution in [0.3, 0.4) is 0 Å². The van der Waals surface area contributed by atoms with Gasteiger partial charge in [-0.2, -0.15) is 0 Å². The number of hydrogen-bond donors (Lipinski definition) is 1. The second kappa shape index (κ2) is 11.3. The van der Waals surface area contributed by atoms with E-state index in [9.17, 15) is 28.1 Å². The van der Waals surface area contributed by atoms with Gasteiger partial charge in [0.2, 0.25) is 21.8 Å². The molecule has 1 unspecified atom stereocenters. The Morgan fingerprint density at radius 2 is 1.79 bits per heavy atom. The van der Waals surface area contributed by atoms with Gasteiger partial charge in [0.25, 0.3) is 5.69 Å². The van der Waals surface area contributed by atoms with E-state index in [2.05, 4.69) is 5.32 Å². The summed E-state index contributed by atoms with van der Waals surface area (Å²) in [7, 11) is -2.55. The Kier molecular flexibility index (Phi) is 9.00. The van der Waals surface area contributed by atoms with Gasteiger partial charge in [0.1, 0.15) is 12.6 Å². The lowest BCUT2D eigenvalue weighted by molar-refractivity contribution is -0.384. The second-order valence-electron chi connectivity index (χ2n) is 7.68. The van der Waals surface area contributed by atoms with Gasteiger partial charge in [-0.15, -0.1) is 0 Å². The largest absolute Gasteiger partial charge is 0.357 e. The van der Waals surface area contributed by atoms with Crippen LogP contribution in [0.15, 0.2) is 42.5 Å². The van der Waals surface area contributed by atoms with Gasteiger partial charge in [0.15, 0.2) is 0 Å². The Morgan fingerprint density at radius 3 is 2.29 bits per heavy atom. The van der Waals surface area contributed by atoms with Gasteiger partial charge in [-0.1, -0.05) is 36.7 Å². The van der Waals surface area contributed by atoms with E-state index in [1.54, 1.807) is 38.1 Å². The Labute approximate surface area is 203 Å². The van der Waals surface area contributed by atoms with Crippen LogP contribution in [0.4, 0.5) is 11.4 Å². The van der Waals surface area contributed by atoms with Crippen molar-refractivity contribution < 1.29 is 22.9 Å². The fourth-order valence-electron chi connectivity index (χ4n) is 3.45. The molecule has 184 valence electrons. The first-order valence-corrected chi connectivity index (χ1v) is 12.6. The highest BCUT2D eigenvalue weighted by molar-refractivity contribution is 7.92. The van der Waals surface area contributed by atoms with Gasteiger partial charge in [-0.05, 0) is 36.6 Å². The van der Waals surface area contributed by atoms with Crippen LogP contribution >= 0.6 is 11.6 Å². The Bertz CT molecular complexity index is 1170. The van der Waals surface area contributed by atoms with E-state index in [0.29, 0.717) is 16.1 Å². The molecule has 2 aromatic rings. The molecule has 1 N–H and O–H groups in total. The molecule has 2 aromatic carbocycles. The molecule has 1 atom stereocenters. The summed E-state index contributed by atoms with van der Waals surface area (Å²) in [5.41, 5.74) is 0.838. The summed E-state index contributed by atoms with van der Waals surface area (Å²) in [6.07, 6.45) is 1.20. The van der Waals surface area contributed by atoms with Crippen LogP contribution in [0.2, 0.25) is 5.02 Å². The number of carbonyl (C=O) groups excluding carboxylic acids is 2. The van der Waals surface area contributed by atoms with Crippen molar-refractivity contribution in [1.82, 2.24) is 10.2 Å². The van der Waals surface area contributed by atoms with E-state index < -0.39 is 39.3 Å². The zero-order chi connectivity index (χ0) is 25.6. The first-order chi connectivity index (χ1) is 15.9. The van der Waals surface area contributed by atoms with Gasteiger partial charge in [-0.25, -0.2) is 8.42 Å². The minimum Gasteiger partial charge on any atom is -0.357 e. The molecule has 34 heavy (non-hydrogen) atoms. The number of nitrogens with one attached hydrogen (secondary N) is 1. The van der Waals surface area contributed by atoms with E-state index in [0.717, 1.165) is 16.6 Å². The predicted octanol–water partition coefficient (Wildman–Crippen LogP) is 2.88. The Morgan fingerprint density at radius 1 is 1.18 bits per heavy atom. The first kappa shape index (κ1) is 27.1. The number of benzene rings is 2. The number of carbonyl (C=O) groups is 2. The van der Waals surface area contributed by atoms with Crippen molar-refractivity contribution in [3.63, 3.8) is 0 Å². The molecular weight excluding hydrogens is 484 g/mol. The lowest BCUT2D eigenvalue weighted by Gasteiger charge is -2.32. The fourth-order valence-corrected chi connectivity index (χ4v) is 4.47. The highest BCUT2D eigenvalue weighted by atomic mass is 35.5. The third-order valence-corrected chi connectivity index (χ3v) is 6.63. The van der Waals surface area contributed by atoms with Crippen LogP contribution in [0, 0.1) is 17.0 Å². The Hall–Kier alpha value is -3.18. The van der Waals surface area contributed by atoms with E-state index in [4.69, 9.17) is 11.6 Å². The van der Waals surface area contributed by atoms with Crippen molar-refractivity contribution in [2.24, 2.45) is 0 Å². The maximum absolute atomic E-state index is 13.5. The smallest absolute Gasteiger partial charge is 0.271 e. The van der Waals surface area contributed by atoms with Crippen molar-refractivity contribution in [2.45, 2.75) is 32.9 Å². The average molecular weight is 511 g/mol. The number of hydrogen-bond acceptors (Lipinski definition) is 6. The zero-order valence-electron chi connectivity index (χ0n) is 19.3. The molecule has 12 heteroatoms. The van der Waals surface area contributed by atoms with Crippen molar-refractivity contribution >= 4 is 44.8 Å². The summed E-state index contributed by atoms with van der Waals surface area (Å²) in [5.74, 6) is -1.04. The lowest BCUT2D eigenvalue weighted by atomic mass is 10.1. The van der Waals surface area contributed by atoms with Gasteiger partial charge in [0.05, 0.1) is 16.9 Å². The van der Waals surface area contributed by atoms with Crippen LogP contribution in [0.25, 0.3) is 0 Å². The molecule has 0 aliphatic rings. The highest BCUT2D eigenvalue weighted by Gasteiger charge is 2.32. The number of non-ortho nitro benzene ring substituents is 1. The van der Waals surface area contributed by atoms with E-state index >= 15 is 0 Å². The molecular formula is C22H27ClN4O6S. The molecule has 10 nitrogen and oxygen atoms in total. The molecule has 0 radical (unpaired) electrons. The van der Waals surface area contributed by atoms with Crippen LogP contribution < -0.4 is 9.62 Å². The molecule has 0 aromatic heterocycles. The predicted molar refractivity (Wildman–Crippen MR) is 130 cm³/mol. The van der Waals surface area contributed by atoms with Crippen molar-refractivity contribution in [2.75, 3.05) is 24.2 Å². The maximum Gasteiger partial charge on any atom is 0.271 e. The van der Waals surface area contributed by atoms with E-state index in [1.165, 1.54) is 24.1 Å². The minimum absolute atomic E-state index is 0.0180. The van der Waals surface area contributed by atoms with Crippen LogP contribution in [-0.2, 0) is 26.2 Å². The number of aryl methyl sites for hydroxylation is 1. The van der Waals surface area contributed by atoms with Crippen molar-refractivity contribution in [3.8, 4) is 0 Å². The van der Waals surface area contributed by atoms with Gasteiger partial charge < -0.3 is 10.2 Å². The topological polar surface area (TPSA) is 130 Å². The fraction of sp³-hybridized carbons (Fsp3) is 0.364. The summed E-state index contributed by atoms with van der Waals surface area (Å²) in [5, 5.41) is 14.3. The maximum atomic E-state index is 13.5. The molecule has 0 heterocycles. The summed E-state index contributed by atoms with van der Waals surface area (Å²) in [4.78, 5) is 37.9. The SMILES string of the molecule is CCC(C(=O)NC)N(Cc1ccc(Cl)cc1)C(=O)CN(c1cc([N+](=O)[O-])ccc1C)S(C)(=O)=O. The van der Waals surface area contributed by atoms with E-state index in [1.807, 2.05) is 0 Å². The molecule has 0 aliphatic carbocycles. The highest BCUT2D eigenvalue weighted by Crippen LogP contribution is 2.28. The number of likely N-dealkylation sites (N-methyl/N-ethyl adjacent to an activating group) is 1. The van der Waals surface area contributed by atoms with Crippen molar-refractivity contribution in [3.05, 3.63) is 68.7 Å². The van der Waals surface area contributed by atoms with Crippen LogP contribution in [-0.4, -0.2) is 55.9 Å². The standard InChI is InChI=1S/C22H27ClN4O6S/c1-5-19(22(29)24-3)25(13-16-7-9-17(23)10-8-16)21(28)14-26(34(4,32)33)20-12-18(27(30)31)11-6-15(20)2/h6-12,19H,5,13-14H2,1-4H3,(H,24,29). The number of amides is 2. The third-order valence-electron chi connectivity index (χ3n) is 5.25. The quantitative estimate of drug-likeness (QED) is 0.386. The minimum atomic E-state index is -4.00. The number of anilines is 1. The third kappa shape index (κ3) is 6.67. The summed E-state index contributed by atoms with van der Waals surface area (Å²) in [6.45, 7) is 2.73. The monoisotopic (exact) mass is 510 g/mol. The number of nitro groups is 1. The molecule has 2 amide bonds. The van der Waals surface area contributed by atoms with Gasteiger partial charge in [0, 0.05) is 30.7 Å². The van der Waals surface area contributed by atoms with E-state index in [-0.39, 0.29) is 24.3 Å². The molecule has 0 saturated carbocycles. The summed E-state index contributed by atoms with van der Waals surface area (Å²) < 4.78 is 26.1. The number of halogens is 1. The lowest BCUT2D eigenvalue weighted by Crippen LogP contribution is -2.51. The number of nitrogens with zero attached hydrogens (tertiary/aromatic N) is 3. The summed E-state index contributed by atoms with van der Waals surface area (Å²) in [6, 6.07) is 9.64. The van der Waals surface area contributed by atoms with Crippen LogP contribution in [0.5, 0.6) is 0 Å². The van der Waals surface area contributed by atoms with Crippen LogP contribution in [0.1, 0.15) is 24.5 Å². The van der Waals surface area contributed by atoms with Crippen molar-refractivity contribution in [1.29, 1.82) is 0 Å². The number of rotatable bonds is 10. The second-order valence-corrected chi connectivity index (χ2v) is 10.0. The van der Waals surface area contributed by atoms with Gasteiger partial charge >= 0.3 is 0 Å².